The maximum atomic E-state index is 12.0. The standard InChI is InChI=1S/C19H30N4O2/c1-4-20-18(24)17-8-6-7-15(11-17)12-22-19(21-5-2)23-10-9-16(13-23)14-25-3/h6-8,11,16H,4-5,9-10,12-14H2,1-3H3,(H,20,24)(H,21,22). The number of likely N-dealkylation sites (tertiary alicyclic amines) is 1. The SMILES string of the molecule is CCNC(=O)c1cccc(CN=C(NCC)N2CCC(COC)C2)c1. The number of benzene rings is 1. The fraction of sp³-hybridized carbons (Fsp3) is 0.579. The van der Waals surface area contributed by atoms with Crippen molar-refractivity contribution in [3.8, 4) is 0 Å². The summed E-state index contributed by atoms with van der Waals surface area (Å²) in [6.07, 6.45) is 1.13. The number of amides is 1. The molecule has 0 radical (unpaired) electrons. The van der Waals surface area contributed by atoms with Gasteiger partial charge >= 0.3 is 0 Å². The second kappa shape index (κ2) is 10.0. The molecule has 1 saturated heterocycles. The van der Waals surface area contributed by atoms with E-state index in [1.165, 1.54) is 0 Å². The van der Waals surface area contributed by atoms with Crippen LogP contribution in [-0.4, -0.2) is 56.7 Å². The molecule has 138 valence electrons. The molecule has 0 aromatic heterocycles. The number of aliphatic imine (C=N–C) groups is 1. The average Bonchev–Trinajstić information content (AvgIpc) is 3.08. The Kier molecular flexibility index (Phi) is 7.73. The Labute approximate surface area is 150 Å². The van der Waals surface area contributed by atoms with E-state index in [0.29, 0.717) is 24.6 Å². The Balaban J connectivity index is 2.04. The third-order valence-corrected chi connectivity index (χ3v) is 4.26. The van der Waals surface area contributed by atoms with Gasteiger partial charge in [0.05, 0.1) is 13.2 Å². The average molecular weight is 346 g/mol. The van der Waals surface area contributed by atoms with Crippen molar-refractivity contribution in [1.29, 1.82) is 0 Å². The summed E-state index contributed by atoms with van der Waals surface area (Å²) in [5.41, 5.74) is 1.72. The minimum atomic E-state index is -0.0396. The van der Waals surface area contributed by atoms with Crippen LogP contribution in [0.4, 0.5) is 0 Å². The van der Waals surface area contributed by atoms with Crippen LogP contribution in [0.15, 0.2) is 29.3 Å². The van der Waals surface area contributed by atoms with Gasteiger partial charge in [-0.15, -0.1) is 0 Å². The lowest BCUT2D eigenvalue weighted by molar-refractivity contribution is 0.0955. The second-order valence-electron chi connectivity index (χ2n) is 6.29. The molecule has 1 heterocycles. The monoisotopic (exact) mass is 346 g/mol. The van der Waals surface area contributed by atoms with Gasteiger partial charge in [-0.05, 0) is 38.0 Å². The second-order valence-corrected chi connectivity index (χ2v) is 6.29. The number of hydrogen-bond acceptors (Lipinski definition) is 3. The molecule has 1 aliphatic heterocycles. The summed E-state index contributed by atoms with van der Waals surface area (Å²) in [4.78, 5) is 19.0. The molecule has 1 fully saturated rings. The molecule has 0 bridgehead atoms. The van der Waals surface area contributed by atoms with Crippen molar-refractivity contribution in [3.63, 3.8) is 0 Å². The Morgan fingerprint density at radius 1 is 1.32 bits per heavy atom. The number of carbonyl (C=O) groups is 1. The number of nitrogens with zero attached hydrogens (tertiary/aromatic N) is 2. The van der Waals surface area contributed by atoms with Crippen molar-refractivity contribution in [2.75, 3.05) is 39.9 Å². The number of ether oxygens (including phenoxy) is 1. The number of nitrogens with one attached hydrogen (secondary N) is 2. The van der Waals surface area contributed by atoms with E-state index in [-0.39, 0.29) is 5.91 Å². The van der Waals surface area contributed by atoms with Crippen molar-refractivity contribution < 1.29 is 9.53 Å². The van der Waals surface area contributed by atoms with Crippen LogP contribution >= 0.6 is 0 Å². The molecule has 6 heteroatoms. The highest BCUT2D eigenvalue weighted by atomic mass is 16.5. The first-order valence-corrected chi connectivity index (χ1v) is 9.07. The minimum absolute atomic E-state index is 0.0396. The molecular weight excluding hydrogens is 316 g/mol. The van der Waals surface area contributed by atoms with Gasteiger partial charge in [0, 0.05) is 44.8 Å². The summed E-state index contributed by atoms with van der Waals surface area (Å²) in [6.45, 7) is 8.78. The molecule has 1 aromatic rings. The molecule has 1 atom stereocenters. The highest BCUT2D eigenvalue weighted by molar-refractivity contribution is 5.94. The Morgan fingerprint density at radius 3 is 2.84 bits per heavy atom. The van der Waals surface area contributed by atoms with Crippen LogP contribution in [0.3, 0.4) is 0 Å². The third-order valence-electron chi connectivity index (χ3n) is 4.26. The van der Waals surface area contributed by atoms with E-state index in [1.807, 2.05) is 31.2 Å². The zero-order valence-electron chi connectivity index (χ0n) is 15.5. The summed E-state index contributed by atoms with van der Waals surface area (Å²) in [7, 11) is 1.75. The predicted octanol–water partition coefficient (Wildman–Crippen LogP) is 1.87. The minimum Gasteiger partial charge on any atom is -0.384 e. The smallest absolute Gasteiger partial charge is 0.251 e. The third kappa shape index (κ3) is 5.74. The van der Waals surface area contributed by atoms with E-state index < -0.39 is 0 Å². The van der Waals surface area contributed by atoms with Gasteiger partial charge < -0.3 is 20.3 Å². The summed E-state index contributed by atoms with van der Waals surface area (Å²) in [5, 5.41) is 6.20. The molecule has 6 nitrogen and oxygen atoms in total. The first-order valence-electron chi connectivity index (χ1n) is 9.07. The van der Waals surface area contributed by atoms with Gasteiger partial charge in [-0.1, -0.05) is 12.1 Å². The maximum absolute atomic E-state index is 12.0. The highest BCUT2D eigenvalue weighted by Crippen LogP contribution is 2.17. The van der Waals surface area contributed by atoms with Gasteiger partial charge in [0.15, 0.2) is 5.96 Å². The fourth-order valence-corrected chi connectivity index (χ4v) is 3.06. The Hall–Kier alpha value is -2.08. The van der Waals surface area contributed by atoms with Crippen LogP contribution in [0.25, 0.3) is 0 Å². The molecule has 1 aliphatic rings. The first kappa shape index (κ1) is 19.2. The number of rotatable bonds is 7. The van der Waals surface area contributed by atoms with Crippen molar-refractivity contribution >= 4 is 11.9 Å². The predicted molar refractivity (Wildman–Crippen MR) is 101 cm³/mol. The molecule has 2 rings (SSSR count). The molecule has 0 saturated carbocycles. The Morgan fingerprint density at radius 2 is 2.12 bits per heavy atom. The van der Waals surface area contributed by atoms with Gasteiger partial charge in [-0.2, -0.15) is 0 Å². The van der Waals surface area contributed by atoms with Crippen LogP contribution in [-0.2, 0) is 11.3 Å². The fourth-order valence-electron chi connectivity index (χ4n) is 3.06. The van der Waals surface area contributed by atoms with E-state index in [2.05, 4.69) is 22.5 Å². The van der Waals surface area contributed by atoms with Gasteiger partial charge in [0.2, 0.25) is 0 Å². The lowest BCUT2D eigenvalue weighted by Crippen LogP contribution is -2.40. The van der Waals surface area contributed by atoms with Crippen LogP contribution < -0.4 is 10.6 Å². The lowest BCUT2D eigenvalue weighted by atomic mass is 10.1. The van der Waals surface area contributed by atoms with E-state index in [4.69, 9.17) is 9.73 Å². The lowest BCUT2D eigenvalue weighted by Gasteiger charge is -2.21. The molecule has 2 N–H and O–H groups in total. The van der Waals surface area contributed by atoms with Crippen molar-refractivity contribution in [1.82, 2.24) is 15.5 Å². The van der Waals surface area contributed by atoms with Gasteiger partial charge in [0.25, 0.3) is 5.91 Å². The van der Waals surface area contributed by atoms with Crippen molar-refractivity contribution in [3.05, 3.63) is 35.4 Å². The normalized spacial score (nSPS) is 17.6. The van der Waals surface area contributed by atoms with Crippen molar-refractivity contribution in [2.24, 2.45) is 10.9 Å². The largest absolute Gasteiger partial charge is 0.384 e. The Bertz CT molecular complexity index is 589. The topological polar surface area (TPSA) is 66.0 Å². The molecule has 25 heavy (non-hydrogen) atoms. The number of carbonyl (C=O) groups excluding carboxylic acids is 1. The summed E-state index contributed by atoms with van der Waals surface area (Å²) < 4.78 is 5.27. The quantitative estimate of drug-likeness (QED) is 0.584. The van der Waals surface area contributed by atoms with Crippen molar-refractivity contribution in [2.45, 2.75) is 26.8 Å². The maximum Gasteiger partial charge on any atom is 0.251 e. The molecule has 0 aliphatic carbocycles. The van der Waals surface area contributed by atoms with E-state index in [0.717, 1.165) is 44.2 Å². The zero-order valence-corrected chi connectivity index (χ0v) is 15.5. The molecule has 0 spiro atoms. The number of hydrogen-bond donors (Lipinski definition) is 2. The summed E-state index contributed by atoms with van der Waals surface area (Å²) in [5.74, 6) is 1.46. The van der Waals surface area contributed by atoms with Crippen LogP contribution in [0, 0.1) is 5.92 Å². The molecule has 1 unspecified atom stereocenters. The molecular formula is C19H30N4O2. The highest BCUT2D eigenvalue weighted by Gasteiger charge is 2.24. The van der Waals surface area contributed by atoms with Gasteiger partial charge in [-0.25, -0.2) is 4.99 Å². The zero-order chi connectivity index (χ0) is 18.1. The summed E-state index contributed by atoms with van der Waals surface area (Å²) >= 11 is 0. The number of guanidine groups is 1. The summed E-state index contributed by atoms with van der Waals surface area (Å²) in [6, 6.07) is 7.66. The van der Waals surface area contributed by atoms with E-state index in [1.54, 1.807) is 7.11 Å². The van der Waals surface area contributed by atoms with E-state index in [9.17, 15) is 4.79 Å². The first-order chi connectivity index (χ1) is 12.2. The van der Waals surface area contributed by atoms with Gasteiger partial charge in [-0.3, -0.25) is 4.79 Å². The van der Waals surface area contributed by atoms with Crippen LogP contribution in [0.2, 0.25) is 0 Å². The van der Waals surface area contributed by atoms with Crippen LogP contribution in [0.5, 0.6) is 0 Å². The number of methoxy groups -OCH3 is 1. The van der Waals surface area contributed by atoms with E-state index >= 15 is 0 Å². The molecule has 1 amide bonds. The molecule has 1 aromatic carbocycles. The van der Waals surface area contributed by atoms with Gasteiger partial charge in [0.1, 0.15) is 0 Å². The van der Waals surface area contributed by atoms with Crippen LogP contribution in [0.1, 0.15) is 36.2 Å².